The van der Waals surface area contributed by atoms with Crippen molar-refractivity contribution < 1.29 is 13.0 Å². The summed E-state index contributed by atoms with van der Waals surface area (Å²) in [5.41, 5.74) is 0.903. The van der Waals surface area contributed by atoms with E-state index in [2.05, 4.69) is 17.6 Å². The first kappa shape index (κ1) is 12.8. The van der Waals surface area contributed by atoms with Crippen LogP contribution in [0.15, 0.2) is 24.3 Å². The fraction of sp³-hybridized carbons (Fsp3) is 0.300. The van der Waals surface area contributed by atoms with E-state index in [0.29, 0.717) is 6.42 Å². The number of hydrogen-bond donors (Lipinski definition) is 2. The molecule has 4 nitrogen and oxygen atoms in total. The number of thiol groups is 1. The van der Waals surface area contributed by atoms with Crippen molar-refractivity contribution in [3.8, 4) is 0 Å². The molecule has 0 aliphatic rings. The number of hydrogen-bond acceptors (Lipinski definition) is 5. The molecule has 1 unspecified atom stereocenters. The number of fused-ring (bicyclic) bond motifs is 1. The molecule has 2 aromatic rings. The molecule has 0 bridgehead atoms. The minimum atomic E-state index is -3.97. The van der Waals surface area contributed by atoms with Gasteiger partial charge in [-0.3, -0.25) is 4.55 Å². The van der Waals surface area contributed by atoms with E-state index in [-0.39, 0.29) is 5.75 Å². The molecule has 0 saturated carbocycles. The Morgan fingerprint density at radius 2 is 2.12 bits per heavy atom. The monoisotopic (exact) mass is 289 g/mol. The average Bonchev–Trinajstić information content (AvgIpc) is 2.55. The van der Waals surface area contributed by atoms with Gasteiger partial charge in [-0.2, -0.15) is 21.0 Å². The van der Waals surface area contributed by atoms with E-state index in [1.54, 1.807) is 0 Å². The molecule has 1 N–H and O–H groups in total. The molecule has 0 radical (unpaired) electrons. The lowest BCUT2D eigenvalue weighted by Crippen LogP contribution is -2.17. The molecule has 17 heavy (non-hydrogen) atoms. The van der Waals surface area contributed by atoms with Crippen LogP contribution in [0.4, 0.5) is 0 Å². The predicted molar refractivity (Wildman–Crippen MR) is 72.5 cm³/mol. The zero-order valence-corrected chi connectivity index (χ0v) is 11.3. The summed E-state index contributed by atoms with van der Waals surface area (Å²) in [6.45, 7) is 0. The third-order valence-electron chi connectivity index (χ3n) is 2.15. The zero-order chi connectivity index (χ0) is 12.5. The van der Waals surface area contributed by atoms with Crippen LogP contribution >= 0.6 is 24.0 Å². The van der Waals surface area contributed by atoms with Crippen molar-refractivity contribution in [1.82, 2.24) is 4.98 Å². The number of rotatable bonds is 4. The Bertz CT molecular complexity index is 588. The quantitative estimate of drug-likeness (QED) is 0.667. The van der Waals surface area contributed by atoms with Crippen molar-refractivity contribution in [2.75, 3.05) is 5.75 Å². The fourth-order valence-corrected chi connectivity index (χ4v) is 4.02. The highest BCUT2D eigenvalue weighted by atomic mass is 32.2. The summed E-state index contributed by atoms with van der Waals surface area (Å²) in [4.78, 5) is 4.38. The summed E-state index contributed by atoms with van der Waals surface area (Å²) in [6.07, 6.45) is 0.433. The van der Waals surface area contributed by atoms with Gasteiger partial charge in [-0.1, -0.05) is 12.1 Å². The summed E-state index contributed by atoms with van der Waals surface area (Å²) in [7, 11) is -3.97. The number of thiazole rings is 1. The first-order chi connectivity index (χ1) is 7.94. The van der Waals surface area contributed by atoms with E-state index in [0.717, 1.165) is 15.2 Å². The molecule has 1 aromatic heterocycles. The second-order valence-corrected chi connectivity index (χ2v) is 7.02. The highest BCUT2D eigenvalue weighted by Crippen LogP contribution is 2.23. The van der Waals surface area contributed by atoms with Crippen molar-refractivity contribution in [2.45, 2.75) is 11.7 Å². The molecule has 1 heterocycles. The molecule has 0 fully saturated rings. The van der Waals surface area contributed by atoms with Gasteiger partial charge in [-0.05, 0) is 12.1 Å². The molecule has 0 spiro atoms. The van der Waals surface area contributed by atoms with Crippen molar-refractivity contribution in [3.05, 3.63) is 29.3 Å². The molecule has 0 aliphatic heterocycles. The van der Waals surface area contributed by atoms with Gasteiger partial charge in [-0.15, -0.1) is 11.3 Å². The maximum Gasteiger partial charge on any atom is 0.265 e. The topological polar surface area (TPSA) is 67.3 Å². The van der Waals surface area contributed by atoms with Crippen molar-refractivity contribution in [1.29, 1.82) is 0 Å². The second kappa shape index (κ2) is 4.93. The Hall–Kier alpha value is -0.630. The standard InChI is InChI=1S/C10H11NO3S3/c12-17(13,14)6-7(15)5-10-11-8-3-1-2-4-9(8)16-10/h1-4,7,15H,5-6H2,(H,12,13,14). The van der Waals surface area contributed by atoms with E-state index in [4.69, 9.17) is 4.55 Å². The molecule has 1 atom stereocenters. The van der Waals surface area contributed by atoms with Crippen molar-refractivity contribution in [3.63, 3.8) is 0 Å². The van der Waals surface area contributed by atoms with Crippen LogP contribution in [0, 0.1) is 0 Å². The molecule has 0 saturated heterocycles. The molecular weight excluding hydrogens is 278 g/mol. The largest absolute Gasteiger partial charge is 0.286 e. The van der Waals surface area contributed by atoms with Crippen LogP contribution in [0.5, 0.6) is 0 Å². The van der Waals surface area contributed by atoms with Gasteiger partial charge in [0, 0.05) is 11.7 Å². The smallest absolute Gasteiger partial charge is 0.265 e. The van der Waals surface area contributed by atoms with Gasteiger partial charge in [0.05, 0.1) is 21.0 Å². The first-order valence-electron chi connectivity index (χ1n) is 4.92. The Kier molecular flexibility index (Phi) is 3.72. The van der Waals surface area contributed by atoms with Crippen LogP contribution in [0.1, 0.15) is 5.01 Å². The molecule has 7 heteroatoms. The van der Waals surface area contributed by atoms with Crippen LogP contribution < -0.4 is 0 Å². The summed E-state index contributed by atoms with van der Waals surface area (Å²) in [6, 6.07) is 7.71. The van der Waals surface area contributed by atoms with Crippen molar-refractivity contribution >= 4 is 44.3 Å². The van der Waals surface area contributed by atoms with Gasteiger partial charge in [0.25, 0.3) is 10.1 Å². The van der Waals surface area contributed by atoms with Crippen molar-refractivity contribution in [2.24, 2.45) is 0 Å². The maximum absolute atomic E-state index is 10.7. The molecule has 0 amide bonds. The molecule has 92 valence electrons. The van der Waals surface area contributed by atoms with Gasteiger partial charge in [0.1, 0.15) is 0 Å². The summed E-state index contributed by atoms with van der Waals surface area (Å²) < 4.78 is 31.2. The summed E-state index contributed by atoms with van der Waals surface area (Å²) >= 11 is 5.66. The molecule has 2 rings (SSSR count). The van der Waals surface area contributed by atoms with Gasteiger partial charge < -0.3 is 0 Å². The summed E-state index contributed by atoms with van der Waals surface area (Å²) in [5, 5.41) is 0.389. The number of aromatic nitrogens is 1. The lowest BCUT2D eigenvalue weighted by molar-refractivity contribution is 0.482. The number of nitrogens with zero attached hydrogens (tertiary/aromatic N) is 1. The van der Waals surface area contributed by atoms with Crippen LogP contribution in [-0.2, 0) is 16.5 Å². The van der Waals surface area contributed by atoms with E-state index < -0.39 is 15.4 Å². The van der Waals surface area contributed by atoms with E-state index in [9.17, 15) is 8.42 Å². The van der Waals surface area contributed by atoms with Gasteiger partial charge in [-0.25, -0.2) is 4.98 Å². The highest BCUT2D eigenvalue weighted by Gasteiger charge is 2.15. The maximum atomic E-state index is 10.7. The van der Waals surface area contributed by atoms with Gasteiger partial charge in [0.15, 0.2) is 0 Å². The third-order valence-corrected chi connectivity index (χ3v) is 4.65. The lowest BCUT2D eigenvalue weighted by Gasteiger charge is -2.05. The molecule has 1 aromatic carbocycles. The van der Waals surface area contributed by atoms with E-state index >= 15 is 0 Å². The van der Waals surface area contributed by atoms with Crippen LogP contribution in [0.2, 0.25) is 0 Å². The number of benzene rings is 1. The SMILES string of the molecule is O=S(=O)(O)CC(S)Cc1nc2ccccc2s1. The Morgan fingerprint density at radius 1 is 1.41 bits per heavy atom. The minimum Gasteiger partial charge on any atom is -0.286 e. The van der Waals surface area contributed by atoms with Crippen LogP contribution in [-0.4, -0.2) is 29.0 Å². The first-order valence-corrected chi connectivity index (χ1v) is 7.86. The normalized spacial score (nSPS) is 14.0. The Balaban J connectivity index is 2.13. The fourth-order valence-electron chi connectivity index (χ4n) is 1.51. The predicted octanol–water partition coefficient (Wildman–Crippen LogP) is 2.03. The minimum absolute atomic E-state index is 0.355. The van der Waals surface area contributed by atoms with E-state index in [1.807, 2.05) is 24.3 Å². The Morgan fingerprint density at radius 3 is 2.76 bits per heavy atom. The third kappa shape index (κ3) is 3.67. The second-order valence-electron chi connectivity index (χ2n) is 3.68. The molecular formula is C10H11NO3S3. The number of para-hydroxylation sites is 1. The lowest BCUT2D eigenvalue weighted by atomic mass is 10.3. The zero-order valence-electron chi connectivity index (χ0n) is 8.78. The van der Waals surface area contributed by atoms with E-state index in [1.165, 1.54) is 11.3 Å². The van der Waals surface area contributed by atoms with Crippen LogP contribution in [0.25, 0.3) is 10.2 Å². The highest BCUT2D eigenvalue weighted by molar-refractivity contribution is 7.88. The van der Waals surface area contributed by atoms with Gasteiger partial charge in [0.2, 0.25) is 0 Å². The summed E-state index contributed by atoms with van der Waals surface area (Å²) in [5.74, 6) is -0.355. The average molecular weight is 289 g/mol. The Labute approximate surface area is 109 Å². The van der Waals surface area contributed by atoms with Gasteiger partial charge >= 0.3 is 0 Å². The molecule has 0 aliphatic carbocycles. The van der Waals surface area contributed by atoms with Crippen LogP contribution in [0.3, 0.4) is 0 Å².